The molecule has 0 aromatic heterocycles. The zero-order valence-corrected chi connectivity index (χ0v) is 20.2. The van der Waals surface area contributed by atoms with E-state index in [2.05, 4.69) is 29.6 Å². The number of nitrogens with one attached hydrogen (secondary N) is 1. The van der Waals surface area contributed by atoms with E-state index in [0.29, 0.717) is 24.5 Å². The van der Waals surface area contributed by atoms with Crippen LogP contribution in [0.3, 0.4) is 0 Å². The van der Waals surface area contributed by atoms with Crippen molar-refractivity contribution >= 4 is 17.4 Å². The van der Waals surface area contributed by atoms with Crippen molar-refractivity contribution in [1.82, 2.24) is 10.2 Å². The van der Waals surface area contributed by atoms with Gasteiger partial charge in [0.1, 0.15) is 5.75 Å². The minimum atomic E-state index is -0.777. The van der Waals surface area contributed by atoms with Crippen molar-refractivity contribution in [2.45, 2.75) is 61.6 Å². The number of nitrogens with two attached hydrogens (primary N) is 1. The number of nitrogens with zero attached hydrogens (tertiary/aromatic N) is 2. The molecule has 0 unspecified atom stereocenters. The Balaban J connectivity index is 1.48. The second kappa shape index (κ2) is 8.47. The number of hydrogen-bond donors (Lipinski definition) is 3. The van der Waals surface area contributed by atoms with E-state index in [1.807, 2.05) is 35.0 Å². The minimum absolute atomic E-state index is 0.0555. The molecule has 2 saturated carbocycles. The van der Waals surface area contributed by atoms with Crippen LogP contribution in [-0.4, -0.2) is 54.4 Å². The lowest BCUT2D eigenvalue weighted by Crippen LogP contribution is -2.59. The topological polar surface area (TPSA) is 91.1 Å². The number of amides is 2. The van der Waals surface area contributed by atoms with Crippen LogP contribution >= 0.6 is 0 Å². The fraction of sp³-hybridized carbons (Fsp3) is 0.519. The Bertz CT molecular complexity index is 1050. The maximum absolute atomic E-state index is 13.9. The number of aliphatic hydroxyl groups is 1. The van der Waals surface area contributed by atoms with Crippen molar-refractivity contribution in [1.29, 1.82) is 0 Å². The number of methoxy groups -OCH3 is 1. The summed E-state index contributed by atoms with van der Waals surface area (Å²) in [5, 5.41) is 14.7. The van der Waals surface area contributed by atoms with E-state index >= 15 is 0 Å². The van der Waals surface area contributed by atoms with Crippen LogP contribution in [0, 0.1) is 0 Å². The van der Waals surface area contributed by atoms with Crippen LogP contribution in [0.4, 0.5) is 16.2 Å². The van der Waals surface area contributed by atoms with E-state index in [1.54, 1.807) is 13.2 Å². The Morgan fingerprint density at radius 2 is 1.76 bits per heavy atom. The van der Waals surface area contributed by atoms with Crippen LogP contribution in [0.1, 0.15) is 50.5 Å². The highest BCUT2D eigenvalue weighted by atomic mass is 16.5. The predicted octanol–water partition coefficient (Wildman–Crippen LogP) is 3.86. The van der Waals surface area contributed by atoms with Gasteiger partial charge in [-0.05, 0) is 69.7 Å². The average molecular weight is 465 g/mol. The smallest absolute Gasteiger partial charge is 0.325 e. The molecule has 34 heavy (non-hydrogen) atoms. The van der Waals surface area contributed by atoms with E-state index in [9.17, 15) is 9.90 Å². The molecule has 1 saturated heterocycles. The molecule has 1 aliphatic heterocycles. The van der Waals surface area contributed by atoms with Gasteiger partial charge in [-0.15, -0.1) is 0 Å². The number of rotatable bonds is 6. The lowest BCUT2D eigenvalue weighted by molar-refractivity contribution is -0.0690. The molecule has 1 heterocycles. The summed E-state index contributed by atoms with van der Waals surface area (Å²) < 4.78 is 5.59. The van der Waals surface area contributed by atoms with Gasteiger partial charge in [-0.25, -0.2) is 4.79 Å². The van der Waals surface area contributed by atoms with Gasteiger partial charge in [-0.1, -0.05) is 30.3 Å². The van der Waals surface area contributed by atoms with Gasteiger partial charge < -0.3 is 25.8 Å². The van der Waals surface area contributed by atoms with Crippen molar-refractivity contribution in [2.75, 3.05) is 37.9 Å². The fourth-order valence-electron chi connectivity index (χ4n) is 6.18. The third-order valence-electron chi connectivity index (χ3n) is 8.56. The first-order chi connectivity index (χ1) is 16.3. The lowest BCUT2D eigenvalue weighted by atomic mass is 9.68. The van der Waals surface area contributed by atoms with E-state index in [0.717, 1.165) is 50.6 Å². The molecule has 0 bridgehead atoms. The number of carbonyl (C=O) groups excluding carboxylic acids is 1. The van der Waals surface area contributed by atoms with Crippen LogP contribution in [0.25, 0.3) is 0 Å². The number of ether oxygens (including phenoxy) is 1. The summed E-state index contributed by atoms with van der Waals surface area (Å²) in [6, 6.07) is 16.0. The van der Waals surface area contributed by atoms with E-state index in [-0.39, 0.29) is 17.1 Å². The molecule has 182 valence electrons. The van der Waals surface area contributed by atoms with Crippen molar-refractivity contribution in [3.8, 4) is 5.75 Å². The molecule has 2 aliphatic carbocycles. The zero-order chi connectivity index (χ0) is 24.0. The Hall–Kier alpha value is -2.77. The van der Waals surface area contributed by atoms with Gasteiger partial charge in [-0.2, -0.15) is 0 Å². The molecule has 1 spiro atoms. The van der Waals surface area contributed by atoms with Crippen LogP contribution < -0.4 is 20.7 Å². The first-order valence-electron chi connectivity index (χ1n) is 12.3. The van der Waals surface area contributed by atoms with Crippen molar-refractivity contribution in [3.05, 3.63) is 54.1 Å². The second-order valence-corrected chi connectivity index (χ2v) is 10.4. The van der Waals surface area contributed by atoms with E-state index in [4.69, 9.17) is 10.5 Å². The number of benzene rings is 2. The lowest BCUT2D eigenvalue weighted by Gasteiger charge is -2.50. The standard InChI is InChI=1S/C27H36N4O3/c1-29-27(20-7-4-3-5-8-20)15-13-25(14-16-27)18-30(22-10-9-21(28)17-23(22)34-2)24(32)31(25)19-26(33)11-6-12-26/h3-5,7-10,17,29,33H,6,11-16,18-19,28H2,1-2H3/t25-,27+. The van der Waals surface area contributed by atoms with Crippen molar-refractivity contribution < 1.29 is 14.6 Å². The SMILES string of the molecule is CN[C@]1(c2ccccc2)CC[C@]2(CC1)CN(c1ccc(N)cc1OC)C(=O)N2CC1(O)CCC1. The number of anilines is 2. The minimum Gasteiger partial charge on any atom is -0.494 e. The summed E-state index contributed by atoms with van der Waals surface area (Å²) in [6.45, 7) is 0.967. The molecule has 2 aromatic rings. The molecular formula is C27H36N4O3. The Kier molecular flexibility index (Phi) is 5.73. The van der Waals surface area contributed by atoms with Crippen molar-refractivity contribution in [3.63, 3.8) is 0 Å². The molecule has 7 nitrogen and oxygen atoms in total. The molecule has 2 amide bonds. The quantitative estimate of drug-likeness (QED) is 0.565. The Morgan fingerprint density at radius 3 is 2.35 bits per heavy atom. The van der Waals surface area contributed by atoms with Gasteiger partial charge >= 0.3 is 6.03 Å². The fourth-order valence-corrected chi connectivity index (χ4v) is 6.18. The van der Waals surface area contributed by atoms with Gasteiger partial charge in [0.15, 0.2) is 0 Å². The third kappa shape index (κ3) is 3.71. The summed E-state index contributed by atoms with van der Waals surface area (Å²) in [4.78, 5) is 17.7. The van der Waals surface area contributed by atoms with E-state index in [1.165, 1.54) is 5.56 Å². The number of β-amino-alcohol motifs (C(OH)–C–C–N with tert-alkyl or cyclic N) is 1. The highest BCUT2D eigenvalue weighted by Gasteiger charge is 2.56. The first-order valence-corrected chi connectivity index (χ1v) is 12.3. The van der Waals surface area contributed by atoms with Crippen LogP contribution in [0.15, 0.2) is 48.5 Å². The molecule has 4 N–H and O–H groups in total. The number of nitrogen functional groups attached to an aromatic ring is 1. The summed E-state index contributed by atoms with van der Waals surface area (Å²) in [6.07, 6.45) is 6.07. The normalized spacial score (nSPS) is 28.3. The molecule has 0 radical (unpaired) electrons. The highest BCUT2D eigenvalue weighted by molar-refractivity contribution is 5.97. The van der Waals surface area contributed by atoms with Gasteiger partial charge in [0.05, 0.1) is 37.0 Å². The van der Waals surface area contributed by atoms with Crippen LogP contribution in [0.5, 0.6) is 5.75 Å². The second-order valence-electron chi connectivity index (χ2n) is 10.4. The third-order valence-corrected chi connectivity index (χ3v) is 8.56. The van der Waals surface area contributed by atoms with E-state index < -0.39 is 5.60 Å². The largest absolute Gasteiger partial charge is 0.494 e. The van der Waals surface area contributed by atoms with Gasteiger partial charge in [0, 0.05) is 17.3 Å². The molecule has 7 heteroatoms. The number of carbonyl (C=O) groups is 1. The summed E-state index contributed by atoms with van der Waals surface area (Å²) in [7, 11) is 3.64. The summed E-state index contributed by atoms with van der Waals surface area (Å²) in [5.41, 5.74) is 7.38. The van der Waals surface area contributed by atoms with Crippen LogP contribution in [-0.2, 0) is 5.54 Å². The highest BCUT2D eigenvalue weighted by Crippen LogP contribution is 2.49. The molecule has 3 fully saturated rings. The summed E-state index contributed by atoms with van der Waals surface area (Å²) >= 11 is 0. The maximum Gasteiger partial charge on any atom is 0.325 e. The monoisotopic (exact) mass is 464 g/mol. The molecule has 2 aromatic carbocycles. The Morgan fingerprint density at radius 1 is 1.06 bits per heavy atom. The Labute approximate surface area is 201 Å². The molecular weight excluding hydrogens is 428 g/mol. The number of hydrogen-bond acceptors (Lipinski definition) is 5. The van der Waals surface area contributed by atoms with Gasteiger partial charge in [-0.3, -0.25) is 4.90 Å². The maximum atomic E-state index is 13.9. The molecule has 5 rings (SSSR count). The first kappa shape index (κ1) is 23.0. The van der Waals surface area contributed by atoms with Gasteiger partial charge in [0.2, 0.25) is 0 Å². The number of urea groups is 1. The van der Waals surface area contributed by atoms with Crippen molar-refractivity contribution in [2.24, 2.45) is 0 Å². The molecule has 0 atom stereocenters. The summed E-state index contributed by atoms with van der Waals surface area (Å²) in [5.74, 6) is 0.595. The van der Waals surface area contributed by atoms with Gasteiger partial charge in [0.25, 0.3) is 0 Å². The molecule has 3 aliphatic rings. The zero-order valence-electron chi connectivity index (χ0n) is 20.2. The predicted molar refractivity (Wildman–Crippen MR) is 134 cm³/mol. The average Bonchev–Trinajstić information content (AvgIpc) is 3.10. The van der Waals surface area contributed by atoms with Crippen LogP contribution in [0.2, 0.25) is 0 Å².